The second kappa shape index (κ2) is 3.70. The first-order valence-electron chi connectivity index (χ1n) is 6.35. The summed E-state index contributed by atoms with van der Waals surface area (Å²) in [5.41, 5.74) is 0. The molecule has 0 atom stereocenters. The molecule has 0 aromatic heterocycles. The second-order valence-corrected chi connectivity index (χ2v) is 7.73. The van der Waals surface area contributed by atoms with Crippen LogP contribution in [-0.2, 0) is 14.3 Å². The van der Waals surface area contributed by atoms with Crippen LogP contribution in [0.15, 0.2) is 0 Å². The normalized spacial score (nSPS) is 46.2. The van der Waals surface area contributed by atoms with E-state index in [-0.39, 0.29) is 0 Å². The van der Waals surface area contributed by atoms with Crippen LogP contribution >= 0.6 is 0 Å². The summed E-state index contributed by atoms with van der Waals surface area (Å²) in [4.78, 5) is 0. The average Bonchev–Trinajstić information content (AvgIpc) is 2.13. The highest BCUT2D eigenvalue weighted by atomic mass is 32.2. The van der Waals surface area contributed by atoms with E-state index in [1.807, 2.05) is 0 Å². The average molecular weight is 244 g/mol. The zero-order chi connectivity index (χ0) is 11.3. The number of hydrogen-bond donors (Lipinski definition) is 0. The van der Waals surface area contributed by atoms with E-state index < -0.39 is 10.1 Å². The molecule has 0 aromatic carbocycles. The Bertz CT molecular complexity index is 346. The summed E-state index contributed by atoms with van der Waals surface area (Å²) in [5.74, 6) is 3.90. The van der Waals surface area contributed by atoms with Crippen LogP contribution in [-0.4, -0.2) is 21.3 Å². The van der Waals surface area contributed by atoms with Crippen LogP contribution in [0, 0.1) is 29.6 Å². The number of rotatable bonds is 3. The van der Waals surface area contributed by atoms with Gasteiger partial charge in [0.1, 0.15) is 0 Å². The maximum Gasteiger partial charge on any atom is 0.264 e. The molecule has 4 saturated carbocycles. The van der Waals surface area contributed by atoms with Gasteiger partial charge >= 0.3 is 0 Å². The zero-order valence-corrected chi connectivity index (χ0v) is 10.6. The van der Waals surface area contributed by atoms with Crippen LogP contribution in [0.3, 0.4) is 0 Å². The van der Waals surface area contributed by atoms with Gasteiger partial charge in [-0.3, -0.25) is 4.18 Å². The molecule has 0 spiro atoms. The minimum atomic E-state index is -3.26. The van der Waals surface area contributed by atoms with Crippen molar-refractivity contribution in [3.05, 3.63) is 0 Å². The molecule has 4 aliphatic carbocycles. The van der Waals surface area contributed by atoms with Gasteiger partial charge < -0.3 is 0 Å². The molecule has 0 aliphatic heterocycles. The van der Waals surface area contributed by atoms with Crippen molar-refractivity contribution in [2.24, 2.45) is 29.6 Å². The Balaban J connectivity index is 1.68. The molecule has 4 aliphatic rings. The fourth-order valence-corrected chi connectivity index (χ4v) is 4.92. The van der Waals surface area contributed by atoms with Gasteiger partial charge in [0.15, 0.2) is 0 Å². The van der Waals surface area contributed by atoms with Crippen molar-refractivity contribution in [1.82, 2.24) is 0 Å². The molecule has 0 saturated heterocycles. The van der Waals surface area contributed by atoms with Crippen LogP contribution in [0.5, 0.6) is 0 Å². The van der Waals surface area contributed by atoms with Gasteiger partial charge in [0.05, 0.1) is 12.9 Å². The van der Waals surface area contributed by atoms with E-state index in [9.17, 15) is 8.42 Å². The Morgan fingerprint density at radius 1 is 1.00 bits per heavy atom. The monoisotopic (exact) mass is 244 g/mol. The third-order valence-electron chi connectivity index (χ3n) is 4.90. The molecule has 16 heavy (non-hydrogen) atoms. The molecule has 4 bridgehead atoms. The van der Waals surface area contributed by atoms with Gasteiger partial charge in [-0.25, -0.2) is 0 Å². The Kier molecular flexibility index (Phi) is 2.55. The minimum absolute atomic E-state index is 0.438. The van der Waals surface area contributed by atoms with E-state index in [1.54, 1.807) is 0 Å². The van der Waals surface area contributed by atoms with Crippen LogP contribution < -0.4 is 0 Å². The lowest BCUT2D eigenvalue weighted by Gasteiger charge is -2.54. The molecular formula is C12H20O3S. The van der Waals surface area contributed by atoms with Gasteiger partial charge in [-0.1, -0.05) is 0 Å². The maximum absolute atomic E-state index is 11.0. The van der Waals surface area contributed by atoms with Gasteiger partial charge in [-0.2, -0.15) is 8.42 Å². The Hall–Kier alpha value is -0.0900. The van der Waals surface area contributed by atoms with Crippen LogP contribution in [0.25, 0.3) is 0 Å². The first-order chi connectivity index (χ1) is 7.51. The molecule has 92 valence electrons. The van der Waals surface area contributed by atoms with E-state index in [4.69, 9.17) is 4.18 Å². The zero-order valence-electron chi connectivity index (χ0n) is 9.76. The smallest absolute Gasteiger partial charge is 0.264 e. The van der Waals surface area contributed by atoms with Crippen molar-refractivity contribution in [3.8, 4) is 0 Å². The maximum atomic E-state index is 11.0. The summed E-state index contributed by atoms with van der Waals surface area (Å²) in [6.07, 6.45) is 7.89. The lowest BCUT2D eigenvalue weighted by Crippen LogP contribution is -2.46. The molecule has 0 aromatic rings. The van der Waals surface area contributed by atoms with Crippen molar-refractivity contribution in [1.29, 1.82) is 0 Å². The summed E-state index contributed by atoms with van der Waals surface area (Å²) in [5, 5.41) is 0. The highest BCUT2D eigenvalue weighted by Gasteiger charge is 2.48. The molecule has 3 nitrogen and oxygen atoms in total. The van der Waals surface area contributed by atoms with Gasteiger partial charge in [0.2, 0.25) is 0 Å². The largest absolute Gasteiger partial charge is 0.270 e. The SMILES string of the molecule is CS(=O)(=O)OCC1[C@H]2C[C@@H]3C[C@@H](C[C@H]1C3)C2. The highest BCUT2D eigenvalue weighted by Crippen LogP contribution is 2.56. The molecular weight excluding hydrogens is 224 g/mol. The van der Waals surface area contributed by atoms with E-state index in [1.165, 1.54) is 32.1 Å². The van der Waals surface area contributed by atoms with Crippen molar-refractivity contribution >= 4 is 10.1 Å². The quantitative estimate of drug-likeness (QED) is 0.713. The standard InChI is InChI=1S/C12H20O3S/c1-16(13,14)15-7-12-10-3-8-2-9(5-10)6-11(12)4-8/h8-12H,2-7H2,1H3/t8-,9+,10-,11+,12?. The third kappa shape index (κ3) is 2.02. The van der Waals surface area contributed by atoms with Crippen LogP contribution in [0.4, 0.5) is 0 Å². The first kappa shape index (κ1) is 11.0. The molecule has 0 amide bonds. The molecule has 4 rings (SSSR count). The van der Waals surface area contributed by atoms with E-state index >= 15 is 0 Å². The summed E-state index contributed by atoms with van der Waals surface area (Å²) in [6, 6.07) is 0. The number of hydrogen-bond acceptors (Lipinski definition) is 3. The Morgan fingerprint density at radius 3 is 1.94 bits per heavy atom. The summed E-state index contributed by atoms with van der Waals surface area (Å²) in [6.45, 7) is 0.438. The van der Waals surface area contributed by atoms with Crippen LogP contribution in [0.1, 0.15) is 32.1 Å². The van der Waals surface area contributed by atoms with Crippen molar-refractivity contribution in [2.75, 3.05) is 12.9 Å². The van der Waals surface area contributed by atoms with Gasteiger partial charge in [0.25, 0.3) is 10.1 Å². The predicted molar refractivity (Wildman–Crippen MR) is 61.3 cm³/mol. The van der Waals surface area contributed by atoms with Crippen LogP contribution in [0.2, 0.25) is 0 Å². The fourth-order valence-electron chi connectivity index (χ4n) is 4.51. The van der Waals surface area contributed by atoms with Crippen molar-refractivity contribution in [2.45, 2.75) is 32.1 Å². The van der Waals surface area contributed by atoms with Gasteiger partial charge in [-0.05, 0) is 61.7 Å². The van der Waals surface area contributed by atoms with Crippen molar-refractivity contribution < 1.29 is 12.6 Å². The molecule has 0 unspecified atom stereocenters. The van der Waals surface area contributed by atoms with Gasteiger partial charge in [0, 0.05) is 0 Å². The molecule has 0 radical (unpaired) electrons. The summed E-state index contributed by atoms with van der Waals surface area (Å²) >= 11 is 0. The lowest BCUT2D eigenvalue weighted by molar-refractivity contribution is -0.0519. The molecule has 4 fully saturated rings. The molecule has 0 heterocycles. The van der Waals surface area contributed by atoms with E-state index in [0.29, 0.717) is 12.5 Å². The molecule has 0 N–H and O–H groups in total. The van der Waals surface area contributed by atoms with Crippen molar-refractivity contribution in [3.63, 3.8) is 0 Å². The third-order valence-corrected chi connectivity index (χ3v) is 5.46. The highest BCUT2D eigenvalue weighted by molar-refractivity contribution is 7.85. The second-order valence-electron chi connectivity index (χ2n) is 6.08. The first-order valence-corrected chi connectivity index (χ1v) is 8.17. The predicted octanol–water partition coefficient (Wildman–Crippen LogP) is 2.03. The Morgan fingerprint density at radius 2 is 1.50 bits per heavy atom. The summed E-state index contributed by atoms with van der Waals surface area (Å²) in [7, 11) is -3.26. The molecule has 4 heteroatoms. The summed E-state index contributed by atoms with van der Waals surface area (Å²) < 4.78 is 27.1. The fraction of sp³-hybridized carbons (Fsp3) is 1.00. The topological polar surface area (TPSA) is 43.4 Å². The Labute approximate surface area is 97.7 Å². The minimum Gasteiger partial charge on any atom is -0.270 e. The lowest BCUT2D eigenvalue weighted by atomic mass is 9.52. The van der Waals surface area contributed by atoms with E-state index in [2.05, 4.69) is 0 Å². The van der Waals surface area contributed by atoms with E-state index in [0.717, 1.165) is 29.9 Å². The van der Waals surface area contributed by atoms with Gasteiger partial charge in [-0.15, -0.1) is 0 Å².